The van der Waals surface area contributed by atoms with E-state index in [0.717, 1.165) is 0 Å². The van der Waals surface area contributed by atoms with Crippen LogP contribution in [0.5, 0.6) is 0 Å². The standard InChI is InChI=1S/C12H16BrN/c1-9-7-11(13)4-3-10(9)8-12(14-2)5-6-12/h3-4,7,14H,5-6,8H2,1-2H3. The lowest BCUT2D eigenvalue weighted by molar-refractivity contribution is 0.547. The van der Waals surface area contributed by atoms with Gasteiger partial charge >= 0.3 is 0 Å². The fraction of sp³-hybridized carbons (Fsp3) is 0.500. The maximum absolute atomic E-state index is 3.49. The van der Waals surface area contributed by atoms with Crippen LogP contribution in [-0.2, 0) is 6.42 Å². The molecule has 1 aromatic carbocycles. The Morgan fingerprint density at radius 3 is 2.64 bits per heavy atom. The third kappa shape index (κ3) is 2.01. The van der Waals surface area contributed by atoms with Crippen molar-refractivity contribution in [3.8, 4) is 0 Å². The lowest BCUT2D eigenvalue weighted by atomic mass is 10.00. The Kier molecular flexibility index (Phi) is 2.67. The topological polar surface area (TPSA) is 12.0 Å². The monoisotopic (exact) mass is 253 g/mol. The van der Waals surface area contributed by atoms with Gasteiger partial charge in [0, 0.05) is 10.0 Å². The Balaban J connectivity index is 2.17. The molecule has 1 nitrogen and oxygen atoms in total. The van der Waals surface area contributed by atoms with Gasteiger partial charge in [0.2, 0.25) is 0 Å². The van der Waals surface area contributed by atoms with Gasteiger partial charge in [-0.25, -0.2) is 0 Å². The van der Waals surface area contributed by atoms with Crippen molar-refractivity contribution in [2.75, 3.05) is 7.05 Å². The average Bonchev–Trinajstić information content (AvgIpc) is 2.91. The summed E-state index contributed by atoms with van der Waals surface area (Å²) in [4.78, 5) is 0. The summed E-state index contributed by atoms with van der Waals surface area (Å²) in [6.45, 7) is 2.19. The molecule has 1 aliphatic carbocycles. The number of benzene rings is 1. The summed E-state index contributed by atoms with van der Waals surface area (Å²) in [5.41, 5.74) is 3.28. The molecule has 0 atom stereocenters. The van der Waals surface area contributed by atoms with Crippen molar-refractivity contribution in [1.82, 2.24) is 5.32 Å². The highest BCUT2D eigenvalue weighted by atomic mass is 79.9. The molecule has 2 rings (SSSR count). The predicted molar refractivity (Wildman–Crippen MR) is 63.6 cm³/mol. The number of likely N-dealkylation sites (N-methyl/N-ethyl adjacent to an activating group) is 1. The smallest absolute Gasteiger partial charge is 0.0220 e. The molecule has 1 saturated carbocycles. The van der Waals surface area contributed by atoms with E-state index in [1.54, 1.807) is 0 Å². The van der Waals surface area contributed by atoms with E-state index in [9.17, 15) is 0 Å². The largest absolute Gasteiger partial charge is 0.314 e. The quantitative estimate of drug-likeness (QED) is 0.874. The summed E-state index contributed by atoms with van der Waals surface area (Å²) >= 11 is 3.49. The third-order valence-corrected chi connectivity index (χ3v) is 3.71. The normalized spacial score (nSPS) is 18.2. The van der Waals surface area contributed by atoms with Gasteiger partial charge in [-0.15, -0.1) is 0 Å². The molecule has 0 bridgehead atoms. The first kappa shape index (κ1) is 10.2. The van der Waals surface area contributed by atoms with Crippen LogP contribution in [0.1, 0.15) is 24.0 Å². The molecule has 76 valence electrons. The van der Waals surface area contributed by atoms with Gasteiger partial charge in [0.25, 0.3) is 0 Å². The van der Waals surface area contributed by atoms with Crippen LogP contribution in [0.15, 0.2) is 22.7 Å². The Morgan fingerprint density at radius 2 is 2.14 bits per heavy atom. The van der Waals surface area contributed by atoms with Crippen molar-refractivity contribution in [2.45, 2.75) is 31.7 Å². The Labute approximate surface area is 94.0 Å². The van der Waals surface area contributed by atoms with Gasteiger partial charge in [-0.3, -0.25) is 0 Å². The van der Waals surface area contributed by atoms with Gasteiger partial charge in [-0.1, -0.05) is 22.0 Å². The zero-order valence-corrected chi connectivity index (χ0v) is 10.3. The van der Waals surface area contributed by atoms with E-state index in [4.69, 9.17) is 0 Å². The molecule has 14 heavy (non-hydrogen) atoms. The molecular formula is C12H16BrN. The highest BCUT2D eigenvalue weighted by Crippen LogP contribution is 2.38. The van der Waals surface area contributed by atoms with Crippen molar-refractivity contribution in [3.05, 3.63) is 33.8 Å². The number of aryl methyl sites for hydroxylation is 1. The molecule has 0 aromatic heterocycles. The van der Waals surface area contributed by atoms with Crippen LogP contribution in [0.25, 0.3) is 0 Å². The molecule has 1 fully saturated rings. The molecule has 0 heterocycles. The van der Waals surface area contributed by atoms with E-state index in [-0.39, 0.29) is 0 Å². The van der Waals surface area contributed by atoms with Crippen molar-refractivity contribution in [3.63, 3.8) is 0 Å². The molecule has 0 radical (unpaired) electrons. The Bertz CT molecular complexity index is 342. The predicted octanol–water partition coefficient (Wildman–Crippen LogP) is 3.05. The van der Waals surface area contributed by atoms with E-state index in [1.807, 2.05) is 0 Å². The van der Waals surface area contributed by atoms with Crippen LogP contribution in [0, 0.1) is 6.92 Å². The molecule has 0 unspecified atom stereocenters. The van der Waals surface area contributed by atoms with E-state index in [0.29, 0.717) is 5.54 Å². The van der Waals surface area contributed by atoms with E-state index in [1.165, 1.54) is 34.9 Å². The number of hydrogen-bond donors (Lipinski definition) is 1. The van der Waals surface area contributed by atoms with Gasteiger partial charge in [0.1, 0.15) is 0 Å². The summed E-state index contributed by atoms with van der Waals surface area (Å²) < 4.78 is 1.17. The van der Waals surface area contributed by atoms with Gasteiger partial charge in [0.15, 0.2) is 0 Å². The first-order chi connectivity index (χ1) is 6.65. The van der Waals surface area contributed by atoms with Crippen LogP contribution in [0.2, 0.25) is 0 Å². The zero-order valence-electron chi connectivity index (χ0n) is 8.73. The Hall–Kier alpha value is -0.340. The number of hydrogen-bond acceptors (Lipinski definition) is 1. The minimum atomic E-state index is 0.415. The minimum absolute atomic E-state index is 0.415. The van der Waals surface area contributed by atoms with Gasteiger partial charge in [-0.05, 0) is 56.5 Å². The van der Waals surface area contributed by atoms with Gasteiger partial charge < -0.3 is 5.32 Å². The van der Waals surface area contributed by atoms with Crippen molar-refractivity contribution < 1.29 is 0 Å². The molecule has 0 aliphatic heterocycles. The summed E-state index contributed by atoms with van der Waals surface area (Å²) in [6.07, 6.45) is 3.81. The summed E-state index contributed by atoms with van der Waals surface area (Å²) in [5.74, 6) is 0. The fourth-order valence-corrected chi connectivity index (χ4v) is 2.36. The Morgan fingerprint density at radius 1 is 1.43 bits per heavy atom. The van der Waals surface area contributed by atoms with Crippen molar-refractivity contribution in [1.29, 1.82) is 0 Å². The summed E-state index contributed by atoms with van der Waals surface area (Å²) in [5, 5.41) is 3.43. The van der Waals surface area contributed by atoms with Crippen LogP contribution in [0.3, 0.4) is 0 Å². The molecule has 0 spiro atoms. The number of halogens is 1. The molecule has 1 N–H and O–H groups in total. The lowest BCUT2D eigenvalue weighted by Gasteiger charge is -2.15. The first-order valence-corrected chi connectivity index (χ1v) is 5.88. The number of rotatable bonds is 3. The average molecular weight is 254 g/mol. The first-order valence-electron chi connectivity index (χ1n) is 5.09. The lowest BCUT2D eigenvalue weighted by Crippen LogP contribution is -2.29. The minimum Gasteiger partial charge on any atom is -0.314 e. The second kappa shape index (κ2) is 3.67. The van der Waals surface area contributed by atoms with E-state index >= 15 is 0 Å². The molecule has 0 saturated heterocycles. The van der Waals surface area contributed by atoms with Gasteiger partial charge in [-0.2, -0.15) is 0 Å². The van der Waals surface area contributed by atoms with E-state index in [2.05, 4.69) is 53.4 Å². The third-order valence-electron chi connectivity index (χ3n) is 3.22. The highest BCUT2D eigenvalue weighted by molar-refractivity contribution is 9.10. The second-order valence-electron chi connectivity index (χ2n) is 4.28. The van der Waals surface area contributed by atoms with Crippen molar-refractivity contribution >= 4 is 15.9 Å². The van der Waals surface area contributed by atoms with Gasteiger partial charge in [0.05, 0.1) is 0 Å². The zero-order chi connectivity index (χ0) is 10.2. The second-order valence-corrected chi connectivity index (χ2v) is 5.19. The fourth-order valence-electron chi connectivity index (χ4n) is 1.89. The van der Waals surface area contributed by atoms with Crippen LogP contribution >= 0.6 is 15.9 Å². The van der Waals surface area contributed by atoms with Crippen LogP contribution in [0.4, 0.5) is 0 Å². The SMILES string of the molecule is CNC1(Cc2ccc(Br)cc2C)CC1. The molecule has 0 amide bonds. The maximum atomic E-state index is 3.49. The molecule has 2 heteroatoms. The summed E-state index contributed by atoms with van der Waals surface area (Å²) in [7, 11) is 2.07. The van der Waals surface area contributed by atoms with Crippen LogP contribution in [-0.4, -0.2) is 12.6 Å². The maximum Gasteiger partial charge on any atom is 0.0220 e. The van der Waals surface area contributed by atoms with Crippen LogP contribution < -0.4 is 5.32 Å². The molecule has 1 aliphatic rings. The molecule has 1 aromatic rings. The van der Waals surface area contributed by atoms with E-state index < -0.39 is 0 Å². The highest BCUT2D eigenvalue weighted by Gasteiger charge is 2.40. The van der Waals surface area contributed by atoms with Crippen molar-refractivity contribution in [2.24, 2.45) is 0 Å². The molecular weight excluding hydrogens is 238 g/mol. The summed E-state index contributed by atoms with van der Waals surface area (Å²) in [6, 6.07) is 6.56. The number of nitrogens with one attached hydrogen (secondary N) is 1.